The minimum Gasteiger partial charge on any atom is -0.341 e. The van der Waals surface area contributed by atoms with Crippen LogP contribution in [0.1, 0.15) is 36.7 Å². The second kappa shape index (κ2) is 5.73. The maximum atomic E-state index is 14.0. The van der Waals surface area contributed by atoms with E-state index in [1.165, 1.54) is 11.8 Å². The fourth-order valence-corrected chi connectivity index (χ4v) is 2.90. The molecule has 0 fully saturated rings. The summed E-state index contributed by atoms with van der Waals surface area (Å²) < 4.78 is 36.9. The van der Waals surface area contributed by atoms with Crippen molar-refractivity contribution >= 4 is 15.9 Å². The first-order valence-corrected chi connectivity index (χ1v) is 7.96. The van der Waals surface area contributed by atoms with E-state index in [1.54, 1.807) is 7.05 Å². The molecule has 118 valence electrons. The number of rotatable bonds is 3. The molecule has 0 unspecified atom stereocenters. The van der Waals surface area contributed by atoms with E-state index < -0.39 is 21.7 Å². The highest BCUT2D eigenvalue weighted by molar-refractivity contribution is 7.89. The summed E-state index contributed by atoms with van der Waals surface area (Å²) >= 11 is 0. The third-order valence-corrected chi connectivity index (χ3v) is 3.91. The molecule has 0 aliphatic carbocycles. The number of carbonyl (C=O) groups excluding carboxylic acids is 1. The van der Waals surface area contributed by atoms with Crippen molar-refractivity contribution in [3.05, 3.63) is 29.1 Å². The van der Waals surface area contributed by atoms with E-state index in [-0.39, 0.29) is 21.4 Å². The van der Waals surface area contributed by atoms with Crippen molar-refractivity contribution < 1.29 is 17.6 Å². The van der Waals surface area contributed by atoms with Crippen molar-refractivity contribution in [1.29, 1.82) is 0 Å². The lowest BCUT2D eigenvalue weighted by atomic mass is 9.96. The van der Waals surface area contributed by atoms with Gasteiger partial charge in [0, 0.05) is 13.6 Å². The summed E-state index contributed by atoms with van der Waals surface area (Å²) in [6.07, 6.45) is 0. The Labute approximate surface area is 125 Å². The van der Waals surface area contributed by atoms with Gasteiger partial charge in [0.05, 0.1) is 10.5 Å². The quantitative estimate of drug-likeness (QED) is 0.925. The van der Waals surface area contributed by atoms with Gasteiger partial charge in [0.25, 0.3) is 5.91 Å². The molecule has 7 heteroatoms. The summed E-state index contributed by atoms with van der Waals surface area (Å²) in [5.41, 5.74) is -0.282. The summed E-state index contributed by atoms with van der Waals surface area (Å²) in [7, 11) is -2.46. The van der Waals surface area contributed by atoms with Crippen LogP contribution in [-0.2, 0) is 10.0 Å². The Morgan fingerprint density at radius 1 is 1.33 bits per heavy atom. The van der Waals surface area contributed by atoms with Gasteiger partial charge in [-0.3, -0.25) is 4.79 Å². The van der Waals surface area contributed by atoms with Crippen molar-refractivity contribution in [1.82, 2.24) is 4.90 Å². The summed E-state index contributed by atoms with van der Waals surface area (Å²) in [4.78, 5) is 13.4. The molecule has 0 saturated carbocycles. The SMILES string of the molecule is Cc1cc(F)c(C(=O)N(C)CC(C)(C)C)cc1S(N)(=O)=O. The van der Waals surface area contributed by atoms with E-state index in [9.17, 15) is 17.6 Å². The predicted octanol–water partition coefficient (Wildman–Crippen LogP) is 1.90. The van der Waals surface area contributed by atoms with E-state index >= 15 is 0 Å². The van der Waals surface area contributed by atoms with Gasteiger partial charge in [0.2, 0.25) is 10.0 Å². The van der Waals surface area contributed by atoms with Gasteiger partial charge >= 0.3 is 0 Å². The minimum absolute atomic E-state index is 0.158. The van der Waals surface area contributed by atoms with Gasteiger partial charge in [0.15, 0.2) is 0 Å². The maximum absolute atomic E-state index is 14.0. The lowest BCUT2D eigenvalue weighted by Gasteiger charge is -2.27. The molecule has 1 aromatic carbocycles. The highest BCUT2D eigenvalue weighted by atomic mass is 32.2. The number of aryl methyl sites for hydroxylation is 1. The number of hydrogen-bond donors (Lipinski definition) is 1. The van der Waals surface area contributed by atoms with Crippen LogP contribution in [0.25, 0.3) is 0 Å². The average molecular weight is 316 g/mol. The fraction of sp³-hybridized carbons (Fsp3) is 0.500. The predicted molar refractivity (Wildman–Crippen MR) is 78.9 cm³/mol. The molecule has 0 aliphatic rings. The molecule has 1 amide bonds. The van der Waals surface area contributed by atoms with Gasteiger partial charge in [-0.2, -0.15) is 0 Å². The molecule has 0 heterocycles. The molecule has 0 radical (unpaired) electrons. The van der Waals surface area contributed by atoms with Gasteiger partial charge < -0.3 is 4.90 Å². The van der Waals surface area contributed by atoms with Crippen LogP contribution >= 0.6 is 0 Å². The fourth-order valence-electron chi connectivity index (χ4n) is 2.11. The monoisotopic (exact) mass is 316 g/mol. The topological polar surface area (TPSA) is 80.5 Å². The van der Waals surface area contributed by atoms with E-state index in [1.807, 2.05) is 20.8 Å². The summed E-state index contributed by atoms with van der Waals surface area (Å²) in [5, 5.41) is 5.08. The van der Waals surface area contributed by atoms with Crippen LogP contribution in [0.4, 0.5) is 4.39 Å². The van der Waals surface area contributed by atoms with E-state index in [0.29, 0.717) is 6.54 Å². The normalized spacial score (nSPS) is 12.3. The third-order valence-electron chi connectivity index (χ3n) is 2.86. The molecule has 0 atom stereocenters. The first-order valence-electron chi connectivity index (χ1n) is 6.41. The Morgan fingerprint density at radius 2 is 1.86 bits per heavy atom. The lowest BCUT2D eigenvalue weighted by molar-refractivity contribution is 0.0740. The van der Waals surface area contributed by atoms with Gasteiger partial charge in [0.1, 0.15) is 5.82 Å². The standard InChI is InChI=1S/C14H21FN2O3S/c1-9-6-11(15)10(7-12(9)21(16,19)20)13(18)17(5)8-14(2,3)4/h6-7H,8H2,1-5H3,(H2,16,19,20). The molecule has 21 heavy (non-hydrogen) atoms. The summed E-state index contributed by atoms with van der Waals surface area (Å²) in [6.45, 7) is 7.66. The summed E-state index contributed by atoms with van der Waals surface area (Å²) in [6, 6.07) is 2.01. The van der Waals surface area contributed by atoms with Crippen LogP contribution in [0.2, 0.25) is 0 Å². The van der Waals surface area contributed by atoms with Crippen molar-refractivity contribution in [3.63, 3.8) is 0 Å². The zero-order valence-corrected chi connectivity index (χ0v) is 13.7. The number of nitrogens with two attached hydrogens (primary N) is 1. The number of halogens is 1. The molecule has 0 aromatic heterocycles. The Hall–Kier alpha value is -1.47. The number of sulfonamides is 1. The minimum atomic E-state index is -4.00. The Bertz CT molecular complexity index is 664. The van der Waals surface area contributed by atoms with Crippen molar-refractivity contribution in [3.8, 4) is 0 Å². The zero-order valence-electron chi connectivity index (χ0n) is 12.9. The van der Waals surface area contributed by atoms with E-state index in [4.69, 9.17) is 5.14 Å². The molecular formula is C14H21FN2O3S. The largest absolute Gasteiger partial charge is 0.341 e. The molecule has 0 spiro atoms. The Balaban J connectivity index is 3.28. The molecule has 0 bridgehead atoms. The number of carbonyl (C=O) groups is 1. The highest BCUT2D eigenvalue weighted by Crippen LogP contribution is 2.22. The Morgan fingerprint density at radius 3 is 2.29 bits per heavy atom. The Kier molecular flexibility index (Phi) is 4.80. The molecule has 1 aromatic rings. The smallest absolute Gasteiger partial charge is 0.256 e. The van der Waals surface area contributed by atoms with Crippen LogP contribution in [-0.4, -0.2) is 32.8 Å². The molecule has 2 N–H and O–H groups in total. The van der Waals surface area contributed by atoms with Crippen molar-refractivity contribution in [2.24, 2.45) is 10.6 Å². The van der Waals surface area contributed by atoms with Gasteiger partial charge in [-0.1, -0.05) is 20.8 Å². The molecular weight excluding hydrogens is 295 g/mol. The average Bonchev–Trinajstić information content (AvgIpc) is 2.23. The number of benzene rings is 1. The first kappa shape index (κ1) is 17.6. The van der Waals surface area contributed by atoms with Gasteiger partial charge in [-0.05, 0) is 30.0 Å². The highest BCUT2D eigenvalue weighted by Gasteiger charge is 2.24. The molecule has 0 aliphatic heterocycles. The molecule has 1 rings (SSSR count). The third kappa shape index (κ3) is 4.50. The second-order valence-electron chi connectivity index (χ2n) is 6.36. The van der Waals surface area contributed by atoms with Crippen LogP contribution < -0.4 is 5.14 Å². The molecule has 0 saturated heterocycles. The van der Waals surface area contributed by atoms with Crippen LogP contribution in [0.3, 0.4) is 0 Å². The lowest BCUT2D eigenvalue weighted by Crippen LogP contribution is -2.35. The van der Waals surface area contributed by atoms with Crippen LogP contribution in [0.15, 0.2) is 17.0 Å². The number of hydrogen-bond acceptors (Lipinski definition) is 3. The van der Waals surface area contributed by atoms with Crippen molar-refractivity contribution in [2.45, 2.75) is 32.6 Å². The molecule has 5 nitrogen and oxygen atoms in total. The van der Waals surface area contributed by atoms with Crippen LogP contribution in [0.5, 0.6) is 0 Å². The summed E-state index contributed by atoms with van der Waals surface area (Å²) in [5.74, 6) is -1.34. The number of nitrogens with zero attached hydrogens (tertiary/aromatic N) is 1. The second-order valence-corrected chi connectivity index (χ2v) is 7.89. The van der Waals surface area contributed by atoms with Gasteiger partial charge in [-0.15, -0.1) is 0 Å². The van der Waals surface area contributed by atoms with Crippen LogP contribution in [0, 0.1) is 18.2 Å². The van der Waals surface area contributed by atoms with E-state index in [2.05, 4.69) is 0 Å². The van der Waals surface area contributed by atoms with Crippen molar-refractivity contribution in [2.75, 3.05) is 13.6 Å². The first-order chi connectivity index (χ1) is 9.33. The van der Waals surface area contributed by atoms with E-state index in [0.717, 1.165) is 12.1 Å². The number of amides is 1. The van der Waals surface area contributed by atoms with Gasteiger partial charge in [-0.25, -0.2) is 17.9 Å². The zero-order chi connectivity index (χ0) is 16.6. The number of primary sulfonamides is 1. The maximum Gasteiger partial charge on any atom is 0.256 e.